The first kappa shape index (κ1) is 27.5. The van der Waals surface area contributed by atoms with Crippen LogP contribution in [-0.2, 0) is 17.7 Å². The lowest BCUT2D eigenvalue weighted by molar-refractivity contribution is 0.0523. The number of amides is 1. The highest BCUT2D eigenvalue weighted by molar-refractivity contribution is 6.30. The topological polar surface area (TPSA) is 78.9 Å². The van der Waals surface area contributed by atoms with Crippen molar-refractivity contribution in [2.75, 3.05) is 18.0 Å². The first-order chi connectivity index (χ1) is 18.1. The molecule has 4 rings (SSSR count). The molecule has 0 aromatic heterocycles. The minimum absolute atomic E-state index is 0.305. The lowest BCUT2D eigenvalue weighted by atomic mass is 9.86. The number of carboxylic acids is 1. The van der Waals surface area contributed by atoms with Crippen LogP contribution in [0.2, 0.25) is 5.02 Å². The highest BCUT2D eigenvalue weighted by atomic mass is 35.5. The molecular formula is C31H35ClN2O4. The molecule has 200 valence electrons. The fourth-order valence-electron chi connectivity index (χ4n) is 4.85. The third kappa shape index (κ3) is 7.51. The quantitative estimate of drug-likeness (QED) is 0.335. The van der Waals surface area contributed by atoms with Gasteiger partial charge in [-0.15, -0.1) is 0 Å². The minimum Gasteiger partial charge on any atom is -0.478 e. The van der Waals surface area contributed by atoms with Crippen molar-refractivity contribution in [2.24, 2.45) is 5.92 Å². The van der Waals surface area contributed by atoms with E-state index < -0.39 is 17.7 Å². The number of benzene rings is 3. The van der Waals surface area contributed by atoms with Crippen molar-refractivity contribution in [3.8, 4) is 11.1 Å². The minimum atomic E-state index is -0.907. The van der Waals surface area contributed by atoms with E-state index in [0.717, 1.165) is 49.2 Å². The molecule has 1 fully saturated rings. The summed E-state index contributed by atoms with van der Waals surface area (Å²) in [5.41, 5.74) is 5.40. The van der Waals surface area contributed by atoms with E-state index in [1.165, 1.54) is 11.1 Å². The Morgan fingerprint density at radius 2 is 1.66 bits per heavy atom. The van der Waals surface area contributed by atoms with Gasteiger partial charge in [0.2, 0.25) is 0 Å². The molecule has 1 aliphatic rings. The van der Waals surface area contributed by atoms with Gasteiger partial charge in [-0.2, -0.15) is 0 Å². The zero-order valence-corrected chi connectivity index (χ0v) is 22.9. The van der Waals surface area contributed by atoms with Crippen LogP contribution in [0.5, 0.6) is 0 Å². The molecular weight excluding hydrogens is 500 g/mol. The standard InChI is InChI=1S/C31H35ClN2O4/c1-31(2,3)38-30(37)33-20-22-4-13-28(23-5-9-26(32)10-6-23)25(19-22)18-21-14-16-34(17-15-21)27-11-7-24(8-12-27)29(35)36/h4-13,19,21H,14-18,20H2,1-3H3,(H,33,37)(H,35,36). The van der Waals surface area contributed by atoms with E-state index in [1.807, 2.05) is 63.2 Å². The van der Waals surface area contributed by atoms with Gasteiger partial charge in [-0.25, -0.2) is 9.59 Å². The summed E-state index contributed by atoms with van der Waals surface area (Å²) in [6.45, 7) is 7.79. The number of hydrogen-bond donors (Lipinski definition) is 2. The second kappa shape index (κ2) is 11.9. The fourth-order valence-corrected chi connectivity index (χ4v) is 4.97. The van der Waals surface area contributed by atoms with Crippen molar-refractivity contribution in [1.82, 2.24) is 5.32 Å². The van der Waals surface area contributed by atoms with Gasteiger partial charge >= 0.3 is 12.1 Å². The maximum Gasteiger partial charge on any atom is 0.407 e. The van der Waals surface area contributed by atoms with Gasteiger partial charge in [-0.05, 0) is 105 Å². The third-order valence-corrected chi connectivity index (χ3v) is 7.02. The van der Waals surface area contributed by atoms with Gasteiger partial charge in [0.1, 0.15) is 5.60 Å². The van der Waals surface area contributed by atoms with Crippen molar-refractivity contribution in [3.63, 3.8) is 0 Å². The van der Waals surface area contributed by atoms with E-state index >= 15 is 0 Å². The van der Waals surface area contributed by atoms with Crippen molar-refractivity contribution in [1.29, 1.82) is 0 Å². The summed E-state index contributed by atoms with van der Waals surface area (Å²) >= 11 is 6.14. The van der Waals surface area contributed by atoms with Crippen molar-refractivity contribution >= 4 is 29.4 Å². The van der Waals surface area contributed by atoms with Gasteiger partial charge < -0.3 is 20.1 Å². The average Bonchev–Trinajstić information content (AvgIpc) is 2.88. The number of carboxylic acid groups (broad SMARTS) is 1. The van der Waals surface area contributed by atoms with Gasteiger partial charge in [-0.1, -0.05) is 41.9 Å². The summed E-state index contributed by atoms with van der Waals surface area (Å²) in [5, 5.41) is 12.7. The molecule has 0 unspecified atom stereocenters. The molecule has 0 spiro atoms. The number of alkyl carbamates (subject to hydrolysis) is 1. The zero-order chi connectivity index (χ0) is 27.3. The monoisotopic (exact) mass is 534 g/mol. The number of hydrogen-bond acceptors (Lipinski definition) is 4. The Morgan fingerprint density at radius 1 is 1.00 bits per heavy atom. The summed E-state index contributed by atoms with van der Waals surface area (Å²) in [6.07, 6.45) is 2.59. The number of anilines is 1. The maximum atomic E-state index is 12.2. The molecule has 0 radical (unpaired) electrons. The second-order valence-corrected chi connectivity index (χ2v) is 11.3. The molecule has 2 N–H and O–H groups in total. The normalized spacial score (nSPS) is 14.3. The highest BCUT2D eigenvalue weighted by Gasteiger charge is 2.22. The first-order valence-electron chi connectivity index (χ1n) is 13.0. The molecule has 3 aromatic carbocycles. The molecule has 38 heavy (non-hydrogen) atoms. The van der Waals surface area contributed by atoms with E-state index in [0.29, 0.717) is 23.0 Å². The largest absolute Gasteiger partial charge is 0.478 e. The fraction of sp³-hybridized carbons (Fsp3) is 0.355. The van der Waals surface area contributed by atoms with Crippen LogP contribution < -0.4 is 10.2 Å². The van der Waals surface area contributed by atoms with Crippen LogP contribution in [-0.4, -0.2) is 35.9 Å². The maximum absolute atomic E-state index is 12.2. The Hall–Kier alpha value is -3.51. The molecule has 7 heteroatoms. The highest BCUT2D eigenvalue weighted by Crippen LogP contribution is 2.32. The van der Waals surface area contributed by atoms with Crippen molar-refractivity contribution < 1.29 is 19.4 Å². The number of piperidine rings is 1. The zero-order valence-electron chi connectivity index (χ0n) is 22.2. The Bertz CT molecular complexity index is 1260. The number of nitrogens with one attached hydrogen (secondary N) is 1. The lowest BCUT2D eigenvalue weighted by Gasteiger charge is -2.34. The van der Waals surface area contributed by atoms with E-state index in [-0.39, 0.29) is 0 Å². The number of halogens is 1. The molecule has 1 aliphatic heterocycles. The number of carbonyl (C=O) groups excluding carboxylic acids is 1. The Kier molecular flexibility index (Phi) is 8.62. The van der Waals surface area contributed by atoms with Gasteiger partial charge in [0.15, 0.2) is 0 Å². The molecule has 3 aromatic rings. The SMILES string of the molecule is CC(C)(C)OC(=O)NCc1ccc(-c2ccc(Cl)cc2)c(CC2CCN(c3ccc(C(=O)O)cc3)CC2)c1. The summed E-state index contributed by atoms with van der Waals surface area (Å²) in [5.74, 6) is -0.389. The molecule has 0 atom stereocenters. The van der Waals surface area contributed by atoms with Crippen LogP contribution in [0.4, 0.5) is 10.5 Å². The average molecular weight is 535 g/mol. The number of aromatic carboxylic acids is 1. The van der Waals surface area contributed by atoms with Gasteiger partial charge in [0.25, 0.3) is 0 Å². The number of carbonyl (C=O) groups is 2. The van der Waals surface area contributed by atoms with Gasteiger partial charge in [0.05, 0.1) is 5.56 Å². The van der Waals surface area contributed by atoms with Crippen LogP contribution in [0.15, 0.2) is 66.7 Å². The number of ether oxygens (including phenoxy) is 1. The van der Waals surface area contributed by atoms with Crippen LogP contribution in [0.1, 0.15) is 55.1 Å². The van der Waals surface area contributed by atoms with Crippen LogP contribution in [0, 0.1) is 5.92 Å². The first-order valence-corrected chi connectivity index (χ1v) is 13.4. The van der Waals surface area contributed by atoms with Crippen molar-refractivity contribution in [3.05, 3.63) is 88.4 Å². The molecule has 0 aliphatic carbocycles. The smallest absolute Gasteiger partial charge is 0.407 e. The third-order valence-electron chi connectivity index (χ3n) is 6.76. The summed E-state index contributed by atoms with van der Waals surface area (Å²) in [4.78, 5) is 25.7. The van der Waals surface area contributed by atoms with Crippen molar-refractivity contribution in [2.45, 2.75) is 52.2 Å². The summed E-state index contributed by atoms with van der Waals surface area (Å²) in [6, 6.07) is 21.4. The second-order valence-electron chi connectivity index (χ2n) is 10.8. The van der Waals surface area contributed by atoms with E-state index in [9.17, 15) is 9.59 Å². The van der Waals surface area contributed by atoms with Crippen LogP contribution in [0.3, 0.4) is 0 Å². The predicted octanol–water partition coefficient (Wildman–Crippen LogP) is 7.19. The number of rotatable bonds is 7. The Balaban J connectivity index is 1.46. The van der Waals surface area contributed by atoms with E-state index in [4.69, 9.17) is 21.4 Å². The Morgan fingerprint density at radius 3 is 2.26 bits per heavy atom. The summed E-state index contributed by atoms with van der Waals surface area (Å²) in [7, 11) is 0. The summed E-state index contributed by atoms with van der Waals surface area (Å²) < 4.78 is 5.38. The molecule has 1 amide bonds. The molecule has 1 heterocycles. The van der Waals surface area contributed by atoms with Gasteiger partial charge in [0, 0.05) is 30.3 Å². The molecule has 0 bridgehead atoms. The lowest BCUT2D eigenvalue weighted by Crippen LogP contribution is -2.34. The van der Waals surface area contributed by atoms with E-state index in [1.54, 1.807) is 12.1 Å². The van der Waals surface area contributed by atoms with E-state index in [2.05, 4.69) is 22.3 Å². The predicted molar refractivity (Wildman–Crippen MR) is 152 cm³/mol. The Labute approximate surface area is 229 Å². The molecule has 0 saturated carbocycles. The number of nitrogens with zero attached hydrogens (tertiary/aromatic N) is 1. The van der Waals surface area contributed by atoms with Crippen LogP contribution >= 0.6 is 11.6 Å². The molecule has 6 nitrogen and oxygen atoms in total. The van der Waals surface area contributed by atoms with Gasteiger partial charge in [-0.3, -0.25) is 0 Å². The van der Waals surface area contributed by atoms with Crippen LogP contribution in [0.25, 0.3) is 11.1 Å². The molecule has 1 saturated heterocycles.